The van der Waals surface area contributed by atoms with Crippen LogP contribution in [0.25, 0.3) is 0 Å². The number of aryl methyl sites for hydroxylation is 1. The monoisotopic (exact) mass is 127 g/mol. The van der Waals surface area contributed by atoms with E-state index in [-0.39, 0.29) is 0 Å². The van der Waals surface area contributed by atoms with Crippen molar-refractivity contribution in [2.75, 3.05) is 5.75 Å². The molecule has 1 aromatic rings. The average Bonchev–Trinajstić information content (AvgIpc) is 2.19. The molecule has 2 nitrogen and oxygen atoms in total. The summed E-state index contributed by atoms with van der Waals surface area (Å²) in [5.41, 5.74) is 1.06. The minimum Gasteiger partial charge on any atom is -0.351 e. The van der Waals surface area contributed by atoms with E-state index in [4.69, 9.17) is 12.6 Å². The smallest absolute Gasteiger partial charge is 0.0923 e. The number of H-pyrrole nitrogens is 1. The molecule has 0 unspecified atom stereocenters. The molecule has 3 heteroatoms. The lowest BCUT2D eigenvalue weighted by molar-refractivity contribution is 1.08. The number of hydrogen-bond acceptors (Lipinski definition) is 1. The van der Waals surface area contributed by atoms with Gasteiger partial charge in [0, 0.05) is 18.4 Å². The third-order valence-corrected chi connectivity index (χ3v) is 1.12. The summed E-state index contributed by atoms with van der Waals surface area (Å²) in [6, 6.07) is 0. The van der Waals surface area contributed by atoms with Gasteiger partial charge in [0.25, 0.3) is 0 Å². The molecule has 0 bridgehead atoms. The second-order valence-electron chi connectivity index (χ2n) is 1.51. The molecular weight excluding hydrogens is 120 g/mol. The zero-order valence-corrected chi connectivity index (χ0v) is 5.24. The fourth-order valence-corrected chi connectivity index (χ4v) is 0.741. The molecule has 0 saturated heterocycles. The predicted molar refractivity (Wildman–Crippen MR) is 34.7 cm³/mol. The highest BCUT2D eigenvalue weighted by molar-refractivity contribution is 7.80. The quantitative estimate of drug-likeness (QED) is 0.634. The number of hydrogen-bond donors (Lipinski definition) is 1. The van der Waals surface area contributed by atoms with Gasteiger partial charge < -0.3 is 4.98 Å². The van der Waals surface area contributed by atoms with Crippen molar-refractivity contribution in [2.24, 2.45) is 0 Å². The van der Waals surface area contributed by atoms with Crippen molar-refractivity contribution >= 4 is 12.6 Å². The summed E-state index contributed by atoms with van der Waals surface area (Å²) in [5, 5.41) is 0. The molecular formula is C5H7N2S. The molecule has 0 aliphatic rings. The standard InChI is InChI=1S/C5H7N2S/c8-2-1-5-3-6-4-7-5/h3-4H,1-2H2,(H,6,7). The fraction of sp³-hybridized carbons (Fsp3) is 0.400. The lowest BCUT2D eigenvalue weighted by Crippen LogP contribution is -1.83. The maximum absolute atomic E-state index is 4.75. The van der Waals surface area contributed by atoms with E-state index < -0.39 is 0 Å². The van der Waals surface area contributed by atoms with Crippen molar-refractivity contribution in [3.8, 4) is 0 Å². The fourth-order valence-electron chi connectivity index (χ4n) is 0.532. The normalized spacial score (nSPS) is 9.62. The summed E-state index contributed by atoms with van der Waals surface area (Å²) >= 11 is 4.75. The van der Waals surface area contributed by atoms with Gasteiger partial charge in [-0.25, -0.2) is 4.98 Å². The molecule has 0 fully saturated rings. The number of imidazole rings is 1. The molecule has 0 aromatic carbocycles. The number of aromatic amines is 1. The van der Waals surface area contributed by atoms with Crippen LogP contribution < -0.4 is 0 Å². The Kier molecular flexibility index (Phi) is 1.97. The van der Waals surface area contributed by atoms with Crippen LogP contribution in [-0.2, 0) is 6.42 Å². The van der Waals surface area contributed by atoms with Crippen molar-refractivity contribution < 1.29 is 0 Å². The zero-order valence-electron chi connectivity index (χ0n) is 4.42. The minimum atomic E-state index is 0.755. The van der Waals surface area contributed by atoms with Gasteiger partial charge in [0.1, 0.15) is 0 Å². The first kappa shape index (κ1) is 5.69. The van der Waals surface area contributed by atoms with Gasteiger partial charge in [-0.3, -0.25) is 0 Å². The van der Waals surface area contributed by atoms with Crippen molar-refractivity contribution in [3.05, 3.63) is 18.2 Å². The summed E-state index contributed by atoms with van der Waals surface area (Å²) in [4.78, 5) is 6.84. The third-order valence-electron chi connectivity index (χ3n) is 0.913. The van der Waals surface area contributed by atoms with Gasteiger partial charge in [-0.15, -0.1) is 0 Å². The molecule has 0 aliphatic carbocycles. The van der Waals surface area contributed by atoms with Crippen LogP contribution in [0.2, 0.25) is 0 Å². The van der Waals surface area contributed by atoms with Crippen molar-refractivity contribution in [1.29, 1.82) is 0 Å². The molecule has 0 aliphatic heterocycles. The minimum absolute atomic E-state index is 0.755. The first-order chi connectivity index (χ1) is 3.93. The topological polar surface area (TPSA) is 28.7 Å². The molecule has 1 rings (SSSR count). The lowest BCUT2D eigenvalue weighted by atomic mass is 10.4. The highest BCUT2D eigenvalue weighted by atomic mass is 32.1. The van der Waals surface area contributed by atoms with Gasteiger partial charge in [0.2, 0.25) is 0 Å². The Morgan fingerprint density at radius 1 is 1.75 bits per heavy atom. The van der Waals surface area contributed by atoms with Crippen LogP contribution in [0.4, 0.5) is 0 Å². The van der Waals surface area contributed by atoms with Crippen LogP contribution >= 0.6 is 12.6 Å². The van der Waals surface area contributed by atoms with E-state index in [9.17, 15) is 0 Å². The van der Waals surface area contributed by atoms with Crippen LogP contribution in [0.1, 0.15) is 5.69 Å². The molecule has 1 radical (unpaired) electrons. The Bertz CT molecular complexity index is 136. The van der Waals surface area contributed by atoms with Gasteiger partial charge in [-0.2, -0.15) is 0 Å². The lowest BCUT2D eigenvalue weighted by Gasteiger charge is -1.83. The zero-order chi connectivity index (χ0) is 5.82. The van der Waals surface area contributed by atoms with E-state index >= 15 is 0 Å². The van der Waals surface area contributed by atoms with Gasteiger partial charge in [-0.1, -0.05) is 12.6 Å². The van der Waals surface area contributed by atoms with Crippen molar-refractivity contribution in [3.63, 3.8) is 0 Å². The van der Waals surface area contributed by atoms with Crippen LogP contribution in [0.3, 0.4) is 0 Å². The Morgan fingerprint density at radius 2 is 2.62 bits per heavy atom. The number of nitrogens with one attached hydrogen (secondary N) is 1. The maximum Gasteiger partial charge on any atom is 0.0923 e. The van der Waals surface area contributed by atoms with E-state index in [1.807, 2.05) is 6.20 Å². The molecule has 0 atom stereocenters. The molecule has 0 spiro atoms. The maximum atomic E-state index is 4.75. The van der Waals surface area contributed by atoms with E-state index in [0.29, 0.717) is 0 Å². The highest BCUT2D eigenvalue weighted by Gasteiger charge is 1.88. The Morgan fingerprint density at radius 3 is 3.12 bits per heavy atom. The van der Waals surface area contributed by atoms with Crippen LogP contribution in [-0.4, -0.2) is 15.7 Å². The Balaban J connectivity index is 2.50. The number of aromatic nitrogens is 2. The predicted octanol–water partition coefficient (Wildman–Crippen LogP) is 1.15. The largest absolute Gasteiger partial charge is 0.351 e. The first-order valence-electron chi connectivity index (χ1n) is 2.49. The van der Waals surface area contributed by atoms with Gasteiger partial charge in [0.15, 0.2) is 0 Å². The molecule has 8 heavy (non-hydrogen) atoms. The summed E-state index contributed by atoms with van der Waals surface area (Å²) < 4.78 is 0. The highest BCUT2D eigenvalue weighted by Crippen LogP contribution is 1.92. The Labute approximate surface area is 53.7 Å². The summed E-state index contributed by atoms with van der Waals surface area (Å²) in [7, 11) is 0. The third kappa shape index (κ3) is 1.26. The molecule has 1 heterocycles. The van der Waals surface area contributed by atoms with Gasteiger partial charge in [-0.05, 0) is 0 Å². The Hall–Kier alpha value is -0.440. The second-order valence-corrected chi connectivity index (χ2v) is 1.92. The molecule has 0 amide bonds. The summed E-state index contributed by atoms with van der Waals surface area (Å²) in [6.07, 6.45) is 4.44. The van der Waals surface area contributed by atoms with E-state index in [0.717, 1.165) is 17.9 Å². The second kappa shape index (κ2) is 2.77. The van der Waals surface area contributed by atoms with Crippen LogP contribution in [0.5, 0.6) is 0 Å². The number of rotatable bonds is 2. The summed E-state index contributed by atoms with van der Waals surface area (Å²) in [5.74, 6) is 0.755. The molecule has 0 saturated carbocycles. The average molecular weight is 127 g/mol. The van der Waals surface area contributed by atoms with E-state index in [1.165, 1.54) is 0 Å². The molecule has 43 valence electrons. The SMILES string of the molecule is [S]CCc1c[nH]cn1. The van der Waals surface area contributed by atoms with Gasteiger partial charge >= 0.3 is 0 Å². The van der Waals surface area contributed by atoms with Crippen molar-refractivity contribution in [1.82, 2.24) is 9.97 Å². The summed E-state index contributed by atoms with van der Waals surface area (Å²) in [6.45, 7) is 0. The van der Waals surface area contributed by atoms with Gasteiger partial charge in [0.05, 0.1) is 12.0 Å². The van der Waals surface area contributed by atoms with E-state index in [2.05, 4.69) is 9.97 Å². The first-order valence-corrected chi connectivity index (χ1v) is 3.07. The van der Waals surface area contributed by atoms with Crippen LogP contribution in [0, 0.1) is 0 Å². The van der Waals surface area contributed by atoms with E-state index in [1.54, 1.807) is 6.33 Å². The number of nitrogens with zero attached hydrogens (tertiary/aromatic N) is 1. The van der Waals surface area contributed by atoms with Crippen molar-refractivity contribution in [2.45, 2.75) is 6.42 Å². The van der Waals surface area contributed by atoms with Crippen LogP contribution in [0.15, 0.2) is 12.5 Å². The molecule has 1 N–H and O–H groups in total. The molecule has 1 aromatic heterocycles.